The van der Waals surface area contributed by atoms with Gasteiger partial charge in [0.15, 0.2) is 0 Å². The standard InChI is InChI=1S/C9H18O2/c1-4-8(10)5-6-9(11)7(2)3/h5-11H,4H2,1-3H3. The molecule has 0 bridgehead atoms. The van der Waals surface area contributed by atoms with Gasteiger partial charge >= 0.3 is 0 Å². The fraction of sp³-hybridized carbons (Fsp3) is 0.778. The number of hydrogen-bond acceptors (Lipinski definition) is 2. The Kier molecular flexibility index (Phi) is 5.16. The Morgan fingerprint density at radius 2 is 1.73 bits per heavy atom. The van der Waals surface area contributed by atoms with Crippen molar-refractivity contribution in [3.05, 3.63) is 12.2 Å². The first-order valence-corrected chi connectivity index (χ1v) is 4.12. The summed E-state index contributed by atoms with van der Waals surface area (Å²) in [6.45, 7) is 5.78. The predicted octanol–water partition coefficient (Wildman–Crippen LogP) is 1.33. The van der Waals surface area contributed by atoms with Crippen LogP contribution in [0.4, 0.5) is 0 Å². The molecular formula is C9H18O2. The topological polar surface area (TPSA) is 40.5 Å². The van der Waals surface area contributed by atoms with Crippen LogP contribution in [0.25, 0.3) is 0 Å². The Bertz CT molecular complexity index is 119. The van der Waals surface area contributed by atoms with Crippen molar-refractivity contribution in [1.82, 2.24) is 0 Å². The highest BCUT2D eigenvalue weighted by molar-refractivity contribution is 4.94. The second-order valence-corrected chi connectivity index (χ2v) is 3.10. The van der Waals surface area contributed by atoms with Crippen LogP contribution in [0.5, 0.6) is 0 Å². The third-order valence-corrected chi connectivity index (χ3v) is 1.63. The quantitative estimate of drug-likeness (QED) is 0.606. The molecule has 0 saturated heterocycles. The van der Waals surface area contributed by atoms with Crippen LogP contribution in [0.2, 0.25) is 0 Å². The first-order valence-electron chi connectivity index (χ1n) is 4.12. The summed E-state index contributed by atoms with van der Waals surface area (Å²) in [5.41, 5.74) is 0. The minimum absolute atomic E-state index is 0.218. The summed E-state index contributed by atoms with van der Waals surface area (Å²) in [5.74, 6) is 0.218. The molecule has 0 spiro atoms. The molecule has 0 saturated carbocycles. The Hall–Kier alpha value is -0.340. The number of aliphatic hydroxyl groups is 2. The molecule has 2 atom stereocenters. The van der Waals surface area contributed by atoms with Gasteiger partial charge < -0.3 is 10.2 Å². The Balaban J connectivity index is 3.72. The molecule has 2 heteroatoms. The zero-order chi connectivity index (χ0) is 8.85. The molecule has 0 rings (SSSR count). The molecule has 0 radical (unpaired) electrons. The Labute approximate surface area is 68.6 Å². The first-order chi connectivity index (χ1) is 5.07. The minimum Gasteiger partial charge on any atom is -0.389 e. The van der Waals surface area contributed by atoms with Crippen molar-refractivity contribution in [1.29, 1.82) is 0 Å². The van der Waals surface area contributed by atoms with Crippen molar-refractivity contribution in [2.45, 2.75) is 39.4 Å². The normalized spacial score (nSPS) is 17.6. The molecule has 2 nitrogen and oxygen atoms in total. The third kappa shape index (κ3) is 4.99. The molecule has 2 N–H and O–H groups in total. The summed E-state index contributed by atoms with van der Waals surface area (Å²) in [6, 6.07) is 0. The first kappa shape index (κ1) is 10.7. The summed E-state index contributed by atoms with van der Waals surface area (Å²) in [5, 5.41) is 18.4. The molecular weight excluding hydrogens is 140 g/mol. The lowest BCUT2D eigenvalue weighted by molar-refractivity contribution is 0.167. The van der Waals surface area contributed by atoms with Gasteiger partial charge in [0, 0.05) is 0 Å². The third-order valence-electron chi connectivity index (χ3n) is 1.63. The van der Waals surface area contributed by atoms with E-state index in [1.807, 2.05) is 20.8 Å². The van der Waals surface area contributed by atoms with Gasteiger partial charge in [-0.3, -0.25) is 0 Å². The van der Waals surface area contributed by atoms with Crippen molar-refractivity contribution in [2.75, 3.05) is 0 Å². The van der Waals surface area contributed by atoms with Crippen molar-refractivity contribution in [3.63, 3.8) is 0 Å². The van der Waals surface area contributed by atoms with Crippen LogP contribution < -0.4 is 0 Å². The highest BCUT2D eigenvalue weighted by Crippen LogP contribution is 2.03. The molecule has 11 heavy (non-hydrogen) atoms. The maximum absolute atomic E-state index is 9.27. The molecule has 2 unspecified atom stereocenters. The molecule has 0 aromatic carbocycles. The summed E-state index contributed by atoms with van der Waals surface area (Å²) in [7, 11) is 0. The van der Waals surface area contributed by atoms with Gasteiger partial charge in [-0.1, -0.05) is 32.9 Å². The average Bonchev–Trinajstić information content (AvgIpc) is 1.99. The fourth-order valence-corrected chi connectivity index (χ4v) is 0.600. The Morgan fingerprint density at radius 3 is 2.09 bits per heavy atom. The van der Waals surface area contributed by atoms with Crippen molar-refractivity contribution in [3.8, 4) is 0 Å². The zero-order valence-electron chi connectivity index (χ0n) is 7.49. The molecule has 0 aromatic heterocycles. The van der Waals surface area contributed by atoms with E-state index in [1.54, 1.807) is 12.2 Å². The molecule has 0 aliphatic carbocycles. The highest BCUT2D eigenvalue weighted by Gasteiger charge is 2.04. The molecule has 0 amide bonds. The zero-order valence-corrected chi connectivity index (χ0v) is 7.49. The SMILES string of the molecule is CCC(O)C=CC(O)C(C)C. The van der Waals surface area contributed by atoms with Crippen molar-refractivity contribution < 1.29 is 10.2 Å². The van der Waals surface area contributed by atoms with Crippen LogP contribution in [0, 0.1) is 5.92 Å². The van der Waals surface area contributed by atoms with Crippen LogP contribution in [-0.2, 0) is 0 Å². The summed E-state index contributed by atoms with van der Waals surface area (Å²) in [6.07, 6.45) is 3.14. The van der Waals surface area contributed by atoms with E-state index in [2.05, 4.69) is 0 Å². The lowest BCUT2D eigenvalue weighted by Gasteiger charge is -2.09. The number of rotatable bonds is 4. The molecule has 0 aliphatic rings. The van der Waals surface area contributed by atoms with E-state index in [-0.39, 0.29) is 5.92 Å². The molecule has 0 fully saturated rings. The summed E-state index contributed by atoms with van der Waals surface area (Å²) >= 11 is 0. The highest BCUT2D eigenvalue weighted by atomic mass is 16.3. The van der Waals surface area contributed by atoms with Gasteiger partial charge in [-0.15, -0.1) is 0 Å². The van der Waals surface area contributed by atoms with Crippen LogP contribution in [0.15, 0.2) is 12.2 Å². The molecule has 0 heterocycles. The average molecular weight is 158 g/mol. The van der Waals surface area contributed by atoms with E-state index in [1.165, 1.54) is 0 Å². The maximum atomic E-state index is 9.27. The molecule has 66 valence electrons. The van der Waals surface area contributed by atoms with Gasteiger partial charge in [-0.25, -0.2) is 0 Å². The molecule has 0 aliphatic heterocycles. The fourth-order valence-electron chi connectivity index (χ4n) is 0.600. The van der Waals surface area contributed by atoms with Gasteiger partial charge in [0.2, 0.25) is 0 Å². The maximum Gasteiger partial charge on any atom is 0.0744 e. The van der Waals surface area contributed by atoms with E-state index in [0.29, 0.717) is 6.42 Å². The second kappa shape index (κ2) is 5.33. The van der Waals surface area contributed by atoms with Crippen LogP contribution in [-0.4, -0.2) is 22.4 Å². The predicted molar refractivity (Wildman–Crippen MR) is 46.3 cm³/mol. The smallest absolute Gasteiger partial charge is 0.0744 e. The van der Waals surface area contributed by atoms with E-state index in [4.69, 9.17) is 5.11 Å². The summed E-state index contributed by atoms with van der Waals surface area (Å²) in [4.78, 5) is 0. The van der Waals surface area contributed by atoms with Crippen LogP contribution >= 0.6 is 0 Å². The van der Waals surface area contributed by atoms with Gasteiger partial charge in [0.05, 0.1) is 12.2 Å². The van der Waals surface area contributed by atoms with Crippen LogP contribution in [0.3, 0.4) is 0 Å². The second-order valence-electron chi connectivity index (χ2n) is 3.10. The lowest BCUT2D eigenvalue weighted by atomic mass is 10.1. The van der Waals surface area contributed by atoms with Crippen LogP contribution in [0.1, 0.15) is 27.2 Å². The minimum atomic E-state index is -0.434. The van der Waals surface area contributed by atoms with Gasteiger partial charge in [-0.05, 0) is 12.3 Å². The van der Waals surface area contributed by atoms with E-state index in [9.17, 15) is 5.11 Å². The van der Waals surface area contributed by atoms with E-state index in [0.717, 1.165) is 0 Å². The van der Waals surface area contributed by atoms with E-state index < -0.39 is 12.2 Å². The van der Waals surface area contributed by atoms with Crippen molar-refractivity contribution in [2.24, 2.45) is 5.92 Å². The van der Waals surface area contributed by atoms with E-state index >= 15 is 0 Å². The molecule has 0 aromatic rings. The van der Waals surface area contributed by atoms with Gasteiger partial charge in [-0.2, -0.15) is 0 Å². The van der Waals surface area contributed by atoms with Gasteiger partial charge in [0.1, 0.15) is 0 Å². The lowest BCUT2D eigenvalue weighted by Crippen LogP contribution is -2.12. The monoisotopic (exact) mass is 158 g/mol. The largest absolute Gasteiger partial charge is 0.389 e. The Morgan fingerprint density at radius 1 is 1.18 bits per heavy atom. The summed E-state index contributed by atoms with van der Waals surface area (Å²) < 4.78 is 0. The number of hydrogen-bond donors (Lipinski definition) is 2. The van der Waals surface area contributed by atoms with Gasteiger partial charge in [0.25, 0.3) is 0 Å². The van der Waals surface area contributed by atoms with Crippen molar-refractivity contribution >= 4 is 0 Å². The number of aliphatic hydroxyl groups excluding tert-OH is 2.